The molecule has 0 N–H and O–H groups in total. The van der Waals surface area contributed by atoms with Crippen LogP contribution in [0.2, 0.25) is 0 Å². The maximum Gasteiger partial charge on any atom is 0.122 e. The Hall–Kier alpha value is -8.66. The van der Waals surface area contributed by atoms with Crippen molar-refractivity contribution in [2.45, 2.75) is 5.54 Å². The van der Waals surface area contributed by atoms with Gasteiger partial charge in [0.1, 0.15) is 5.54 Å². The topological polar surface area (TPSA) is 11.4 Å². The first-order chi connectivity index (χ1) is 32.7. The van der Waals surface area contributed by atoms with E-state index in [1.807, 2.05) is 0 Å². The highest BCUT2D eigenvalue weighted by Gasteiger charge is 2.50. The SMILES string of the molecule is c1ccc(N(c2ccccc2)C2(c3ccccc3)c3ccccc3-c3ccc(N(c4ccc5ccccc5c4)c4ccc5c6ccccc6n(-c6ccc7ccccc7c6)c5c4)cc32)cc1. The number of hydrogen-bond donors (Lipinski definition) is 0. The molecule has 310 valence electrons. The van der Waals surface area contributed by atoms with Gasteiger partial charge in [0.05, 0.1) is 11.0 Å². The molecule has 1 unspecified atom stereocenters. The number of hydrogen-bond acceptors (Lipinski definition) is 2. The van der Waals surface area contributed by atoms with Gasteiger partial charge >= 0.3 is 0 Å². The summed E-state index contributed by atoms with van der Waals surface area (Å²) in [5, 5.41) is 7.30. The first-order valence-corrected chi connectivity index (χ1v) is 22.8. The zero-order chi connectivity index (χ0) is 43.6. The first-order valence-electron chi connectivity index (χ1n) is 22.8. The molecule has 1 aromatic heterocycles. The van der Waals surface area contributed by atoms with Gasteiger partial charge in [0, 0.05) is 44.9 Å². The van der Waals surface area contributed by atoms with Crippen molar-refractivity contribution in [3.63, 3.8) is 0 Å². The van der Waals surface area contributed by atoms with Crippen LogP contribution in [0, 0.1) is 0 Å². The van der Waals surface area contributed by atoms with E-state index < -0.39 is 5.54 Å². The van der Waals surface area contributed by atoms with Crippen molar-refractivity contribution in [1.29, 1.82) is 0 Å². The summed E-state index contributed by atoms with van der Waals surface area (Å²) in [7, 11) is 0. The van der Waals surface area contributed by atoms with E-state index >= 15 is 0 Å². The highest BCUT2D eigenvalue weighted by Crippen LogP contribution is 2.58. The van der Waals surface area contributed by atoms with Crippen LogP contribution in [0.4, 0.5) is 28.4 Å². The molecule has 0 amide bonds. The molecule has 3 nitrogen and oxygen atoms in total. The van der Waals surface area contributed by atoms with E-state index in [-0.39, 0.29) is 0 Å². The lowest BCUT2D eigenvalue weighted by Gasteiger charge is -2.45. The predicted octanol–water partition coefficient (Wildman–Crippen LogP) is 16.7. The van der Waals surface area contributed by atoms with Gasteiger partial charge in [0.15, 0.2) is 0 Å². The number of anilines is 5. The third-order valence-corrected chi connectivity index (χ3v) is 13.7. The summed E-state index contributed by atoms with van der Waals surface area (Å²) in [5.74, 6) is 0. The molecule has 13 rings (SSSR count). The molecule has 0 radical (unpaired) electrons. The molecule has 0 saturated carbocycles. The summed E-state index contributed by atoms with van der Waals surface area (Å²) in [6.45, 7) is 0. The van der Waals surface area contributed by atoms with Crippen molar-refractivity contribution in [1.82, 2.24) is 4.57 Å². The van der Waals surface area contributed by atoms with Crippen molar-refractivity contribution in [3.05, 3.63) is 278 Å². The zero-order valence-electron chi connectivity index (χ0n) is 36.2. The second-order valence-corrected chi connectivity index (χ2v) is 17.3. The molecule has 0 spiro atoms. The molecule has 0 saturated heterocycles. The van der Waals surface area contributed by atoms with E-state index in [1.165, 1.54) is 65.7 Å². The minimum absolute atomic E-state index is 0.743. The molecule has 0 aliphatic heterocycles. The lowest BCUT2D eigenvalue weighted by Crippen LogP contribution is -2.44. The molecule has 11 aromatic carbocycles. The minimum Gasteiger partial charge on any atom is -0.323 e. The van der Waals surface area contributed by atoms with Gasteiger partial charge in [-0.25, -0.2) is 0 Å². The van der Waals surface area contributed by atoms with Crippen LogP contribution < -0.4 is 9.80 Å². The van der Waals surface area contributed by atoms with Gasteiger partial charge in [0.25, 0.3) is 0 Å². The van der Waals surface area contributed by atoms with Gasteiger partial charge in [0.2, 0.25) is 0 Å². The van der Waals surface area contributed by atoms with E-state index in [0.29, 0.717) is 0 Å². The highest BCUT2D eigenvalue weighted by atomic mass is 15.2. The van der Waals surface area contributed by atoms with E-state index in [1.54, 1.807) is 0 Å². The van der Waals surface area contributed by atoms with Gasteiger partial charge in [-0.05, 0) is 128 Å². The second-order valence-electron chi connectivity index (χ2n) is 17.3. The molecule has 0 bridgehead atoms. The fourth-order valence-electron chi connectivity index (χ4n) is 10.9. The van der Waals surface area contributed by atoms with E-state index in [9.17, 15) is 0 Å². The normalized spacial score (nSPS) is 14.1. The van der Waals surface area contributed by atoms with Crippen LogP contribution in [0.25, 0.3) is 60.2 Å². The summed E-state index contributed by atoms with van der Waals surface area (Å²) in [6, 6.07) is 95.8. The summed E-state index contributed by atoms with van der Waals surface area (Å²) in [6.07, 6.45) is 0. The molecule has 1 heterocycles. The summed E-state index contributed by atoms with van der Waals surface area (Å²) < 4.78 is 2.44. The third-order valence-electron chi connectivity index (χ3n) is 13.7. The number of fused-ring (bicyclic) bond motifs is 8. The number of para-hydroxylation sites is 3. The summed E-state index contributed by atoms with van der Waals surface area (Å²) in [5.41, 5.74) is 14.3. The molecular formula is C63H43N3. The monoisotopic (exact) mass is 841 g/mol. The quantitative estimate of drug-likeness (QED) is 0.151. The Labute approximate surface area is 384 Å². The van der Waals surface area contributed by atoms with Gasteiger partial charge in [-0.1, -0.05) is 182 Å². The van der Waals surface area contributed by atoms with Crippen molar-refractivity contribution in [2.24, 2.45) is 0 Å². The lowest BCUT2D eigenvalue weighted by molar-refractivity contribution is 0.644. The molecule has 1 aliphatic rings. The van der Waals surface area contributed by atoms with Crippen molar-refractivity contribution in [3.8, 4) is 16.8 Å². The number of aromatic nitrogens is 1. The van der Waals surface area contributed by atoms with E-state index in [0.717, 1.165) is 39.6 Å². The van der Waals surface area contributed by atoms with E-state index in [2.05, 4.69) is 275 Å². The van der Waals surface area contributed by atoms with Crippen LogP contribution in [0.1, 0.15) is 16.7 Å². The van der Waals surface area contributed by atoms with E-state index in [4.69, 9.17) is 0 Å². The Morgan fingerprint density at radius 2 is 0.818 bits per heavy atom. The molecule has 1 atom stereocenters. The Morgan fingerprint density at radius 3 is 1.56 bits per heavy atom. The molecule has 66 heavy (non-hydrogen) atoms. The largest absolute Gasteiger partial charge is 0.323 e. The smallest absolute Gasteiger partial charge is 0.122 e. The van der Waals surface area contributed by atoms with Gasteiger partial charge < -0.3 is 14.4 Å². The Kier molecular flexibility index (Phi) is 8.75. The van der Waals surface area contributed by atoms with Gasteiger partial charge in [-0.2, -0.15) is 0 Å². The average Bonchev–Trinajstić information content (AvgIpc) is 3.87. The highest BCUT2D eigenvalue weighted by molar-refractivity contribution is 6.11. The molecular weight excluding hydrogens is 799 g/mol. The Morgan fingerprint density at radius 1 is 0.303 bits per heavy atom. The lowest BCUT2D eigenvalue weighted by atomic mass is 9.78. The van der Waals surface area contributed by atoms with Crippen LogP contribution in [0.3, 0.4) is 0 Å². The maximum absolute atomic E-state index is 2.56. The number of nitrogens with zero attached hydrogens (tertiary/aromatic N) is 3. The predicted molar refractivity (Wildman–Crippen MR) is 277 cm³/mol. The van der Waals surface area contributed by atoms with Gasteiger partial charge in [-0.15, -0.1) is 0 Å². The van der Waals surface area contributed by atoms with Crippen LogP contribution in [0.15, 0.2) is 261 Å². The summed E-state index contributed by atoms with van der Waals surface area (Å²) in [4.78, 5) is 5.02. The molecule has 3 heteroatoms. The van der Waals surface area contributed by atoms with Crippen molar-refractivity contribution in [2.75, 3.05) is 9.80 Å². The molecule has 0 fully saturated rings. The maximum atomic E-state index is 2.56. The second kappa shape index (κ2) is 15.3. The van der Waals surface area contributed by atoms with Crippen molar-refractivity contribution >= 4 is 71.8 Å². The molecule has 12 aromatic rings. The minimum atomic E-state index is -0.743. The zero-order valence-corrected chi connectivity index (χ0v) is 36.2. The third kappa shape index (κ3) is 5.84. The standard InChI is InChI=1S/C63H43N3/c1-4-22-48(23-5-1)63(66(49-24-6-2-7-25-49)50-26-8-3-9-27-50)59-30-16-14-28-55(59)56-38-36-53(42-60(56)63)64(51-34-32-44-18-10-12-20-46(44)40-51)54-37-39-58-57-29-15-17-31-61(57)65(62(58)43-54)52-35-33-45-19-11-13-21-47(45)41-52/h1-43H. The Balaban J connectivity index is 1.10. The first kappa shape index (κ1) is 37.9. The van der Waals surface area contributed by atoms with Crippen molar-refractivity contribution < 1.29 is 0 Å². The fraction of sp³-hybridized carbons (Fsp3) is 0.0159. The van der Waals surface area contributed by atoms with Crippen LogP contribution in [-0.2, 0) is 5.54 Å². The Bertz CT molecular complexity index is 3740. The van der Waals surface area contributed by atoms with Gasteiger partial charge in [-0.3, -0.25) is 0 Å². The number of benzene rings is 11. The van der Waals surface area contributed by atoms with Crippen LogP contribution in [0.5, 0.6) is 0 Å². The number of rotatable bonds is 8. The fourth-order valence-corrected chi connectivity index (χ4v) is 10.9. The molecule has 1 aliphatic carbocycles. The van der Waals surface area contributed by atoms with Crippen LogP contribution >= 0.6 is 0 Å². The van der Waals surface area contributed by atoms with Crippen LogP contribution in [-0.4, -0.2) is 4.57 Å². The average molecular weight is 842 g/mol. The summed E-state index contributed by atoms with van der Waals surface area (Å²) >= 11 is 0.